The van der Waals surface area contributed by atoms with E-state index in [1.807, 2.05) is 42.5 Å². The van der Waals surface area contributed by atoms with Gasteiger partial charge in [-0.1, -0.05) is 30.3 Å². The van der Waals surface area contributed by atoms with Gasteiger partial charge in [0.2, 0.25) is 12.3 Å². The number of carbonyl (C=O) groups is 2. The number of hydrogen-bond acceptors (Lipinski definition) is 4. The molecule has 0 saturated carbocycles. The van der Waals surface area contributed by atoms with Gasteiger partial charge in [0.1, 0.15) is 5.82 Å². The van der Waals surface area contributed by atoms with Gasteiger partial charge in [-0.15, -0.1) is 0 Å². The molecule has 1 aliphatic rings. The van der Waals surface area contributed by atoms with E-state index in [9.17, 15) is 9.59 Å². The lowest BCUT2D eigenvalue weighted by molar-refractivity contribution is -0.118. The molecule has 0 unspecified atom stereocenters. The third-order valence-electron chi connectivity index (χ3n) is 4.30. The van der Waals surface area contributed by atoms with E-state index >= 15 is 0 Å². The van der Waals surface area contributed by atoms with Crippen LogP contribution >= 0.6 is 0 Å². The Kier molecular flexibility index (Phi) is 5.61. The molecule has 1 aliphatic heterocycles. The first-order chi connectivity index (χ1) is 12.2. The summed E-state index contributed by atoms with van der Waals surface area (Å²) in [5.41, 5.74) is 1.86. The minimum atomic E-state index is -0.0157. The predicted molar refractivity (Wildman–Crippen MR) is 97.5 cm³/mol. The predicted octanol–water partition coefficient (Wildman–Crippen LogP) is 1.93. The van der Waals surface area contributed by atoms with Crippen molar-refractivity contribution in [3.8, 4) is 0 Å². The molecule has 1 aromatic carbocycles. The molecular weight excluding hydrogens is 316 g/mol. The lowest BCUT2D eigenvalue weighted by Gasteiger charge is -2.33. The summed E-state index contributed by atoms with van der Waals surface area (Å²) in [4.78, 5) is 31.1. The Bertz CT molecular complexity index is 695. The van der Waals surface area contributed by atoms with E-state index in [1.165, 1.54) is 0 Å². The summed E-state index contributed by atoms with van der Waals surface area (Å²) in [5, 5.41) is 2.88. The molecular formula is C19H22N4O2. The number of amides is 2. The fraction of sp³-hybridized carbons (Fsp3) is 0.316. The van der Waals surface area contributed by atoms with Crippen molar-refractivity contribution in [1.82, 2.24) is 9.88 Å². The molecule has 1 fully saturated rings. The number of benzene rings is 1. The molecule has 0 aliphatic carbocycles. The summed E-state index contributed by atoms with van der Waals surface area (Å²) >= 11 is 0. The fourth-order valence-electron chi connectivity index (χ4n) is 2.83. The highest BCUT2D eigenvalue weighted by molar-refractivity contribution is 5.90. The van der Waals surface area contributed by atoms with E-state index < -0.39 is 0 Å². The number of piperazine rings is 1. The minimum Gasteiger partial charge on any atom is -0.353 e. The van der Waals surface area contributed by atoms with Crippen molar-refractivity contribution in [2.75, 3.05) is 36.4 Å². The third-order valence-corrected chi connectivity index (χ3v) is 4.30. The summed E-state index contributed by atoms with van der Waals surface area (Å²) in [7, 11) is 0. The molecule has 0 spiro atoms. The number of pyridine rings is 1. The second kappa shape index (κ2) is 8.28. The zero-order chi connectivity index (χ0) is 17.5. The SMILES string of the molecule is O=CN1CCN(c2ccc(NC(=O)CCc3ccccc3)cn2)CC1. The maximum Gasteiger partial charge on any atom is 0.224 e. The Hall–Kier alpha value is -2.89. The number of nitrogens with zero attached hydrogens (tertiary/aromatic N) is 3. The van der Waals surface area contributed by atoms with Crippen LogP contribution in [-0.2, 0) is 16.0 Å². The van der Waals surface area contributed by atoms with Gasteiger partial charge in [0.05, 0.1) is 11.9 Å². The van der Waals surface area contributed by atoms with E-state index in [-0.39, 0.29) is 5.91 Å². The van der Waals surface area contributed by atoms with Crippen molar-refractivity contribution < 1.29 is 9.59 Å². The van der Waals surface area contributed by atoms with Gasteiger partial charge in [0.15, 0.2) is 0 Å². The highest BCUT2D eigenvalue weighted by Crippen LogP contribution is 2.16. The van der Waals surface area contributed by atoms with Crippen LogP contribution in [0.2, 0.25) is 0 Å². The van der Waals surface area contributed by atoms with Crippen molar-refractivity contribution >= 4 is 23.8 Å². The van der Waals surface area contributed by atoms with Crippen molar-refractivity contribution in [1.29, 1.82) is 0 Å². The van der Waals surface area contributed by atoms with Gasteiger partial charge in [-0.05, 0) is 24.1 Å². The Labute approximate surface area is 147 Å². The standard InChI is InChI=1S/C19H22N4O2/c24-15-22-10-12-23(13-11-22)18-8-7-17(14-20-18)21-19(25)9-6-16-4-2-1-3-5-16/h1-5,7-8,14-15H,6,9-13H2,(H,21,25). The molecule has 0 radical (unpaired) electrons. The van der Waals surface area contributed by atoms with Crippen molar-refractivity contribution in [2.24, 2.45) is 0 Å². The lowest BCUT2D eigenvalue weighted by Crippen LogP contribution is -2.46. The van der Waals surface area contributed by atoms with E-state index in [0.717, 1.165) is 37.3 Å². The molecule has 1 aromatic heterocycles. The second-order valence-corrected chi connectivity index (χ2v) is 6.07. The number of anilines is 2. The molecule has 3 rings (SSSR count). The van der Waals surface area contributed by atoms with Crippen LogP contribution in [0.15, 0.2) is 48.7 Å². The fourth-order valence-corrected chi connectivity index (χ4v) is 2.83. The molecule has 2 heterocycles. The zero-order valence-electron chi connectivity index (χ0n) is 14.1. The van der Waals surface area contributed by atoms with Gasteiger partial charge in [-0.2, -0.15) is 0 Å². The molecule has 25 heavy (non-hydrogen) atoms. The Morgan fingerprint density at radius 1 is 1.08 bits per heavy atom. The average Bonchev–Trinajstić information content (AvgIpc) is 2.68. The van der Waals surface area contributed by atoms with Crippen LogP contribution in [0.5, 0.6) is 0 Å². The molecule has 1 N–H and O–H groups in total. The first-order valence-corrected chi connectivity index (χ1v) is 8.49. The highest BCUT2D eigenvalue weighted by atomic mass is 16.1. The van der Waals surface area contributed by atoms with Crippen molar-refractivity contribution in [3.05, 3.63) is 54.2 Å². The van der Waals surface area contributed by atoms with Crippen LogP contribution in [0.25, 0.3) is 0 Å². The van der Waals surface area contributed by atoms with Gasteiger partial charge >= 0.3 is 0 Å². The summed E-state index contributed by atoms with van der Waals surface area (Å²) in [6.07, 6.45) is 3.74. The number of nitrogens with one attached hydrogen (secondary N) is 1. The minimum absolute atomic E-state index is 0.0157. The molecule has 0 bridgehead atoms. The molecule has 130 valence electrons. The molecule has 6 nitrogen and oxygen atoms in total. The maximum atomic E-state index is 12.1. The monoisotopic (exact) mass is 338 g/mol. The van der Waals surface area contributed by atoms with Crippen LogP contribution in [0.3, 0.4) is 0 Å². The van der Waals surface area contributed by atoms with Gasteiger partial charge < -0.3 is 15.1 Å². The summed E-state index contributed by atoms with van der Waals surface area (Å²) < 4.78 is 0. The van der Waals surface area contributed by atoms with Crippen LogP contribution < -0.4 is 10.2 Å². The van der Waals surface area contributed by atoms with Crippen molar-refractivity contribution in [3.63, 3.8) is 0 Å². The van der Waals surface area contributed by atoms with Gasteiger partial charge in [-0.25, -0.2) is 4.98 Å². The Balaban J connectivity index is 1.49. The molecule has 2 aromatic rings. The van der Waals surface area contributed by atoms with E-state index in [2.05, 4.69) is 15.2 Å². The average molecular weight is 338 g/mol. The van der Waals surface area contributed by atoms with E-state index in [0.29, 0.717) is 25.2 Å². The molecule has 2 amide bonds. The molecule has 1 saturated heterocycles. The Morgan fingerprint density at radius 2 is 1.84 bits per heavy atom. The first-order valence-electron chi connectivity index (χ1n) is 8.49. The molecule has 0 atom stereocenters. The smallest absolute Gasteiger partial charge is 0.224 e. The summed E-state index contributed by atoms with van der Waals surface area (Å²) in [5.74, 6) is 0.853. The normalized spacial score (nSPS) is 14.2. The third kappa shape index (κ3) is 4.79. The maximum absolute atomic E-state index is 12.1. The highest BCUT2D eigenvalue weighted by Gasteiger charge is 2.16. The van der Waals surface area contributed by atoms with E-state index in [4.69, 9.17) is 0 Å². The Morgan fingerprint density at radius 3 is 2.48 bits per heavy atom. The number of aromatic nitrogens is 1. The summed E-state index contributed by atoms with van der Waals surface area (Å²) in [6.45, 7) is 2.97. The topological polar surface area (TPSA) is 65.5 Å². The quantitative estimate of drug-likeness (QED) is 0.818. The van der Waals surface area contributed by atoms with Crippen LogP contribution in [-0.4, -0.2) is 48.4 Å². The zero-order valence-corrected chi connectivity index (χ0v) is 14.1. The lowest BCUT2D eigenvalue weighted by atomic mass is 10.1. The van der Waals surface area contributed by atoms with Crippen LogP contribution in [0, 0.1) is 0 Å². The molecule has 6 heteroatoms. The van der Waals surface area contributed by atoms with Crippen LogP contribution in [0.4, 0.5) is 11.5 Å². The largest absolute Gasteiger partial charge is 0.353 e. The van der Waals surface area contributed by atoms with Crippen LogP contribution in [0.1, 0.15) is 12.0 Å². The summed E-state index contributed by atoms with van der Waals surface area (Å²) in [6, 6.07) is 13.7. The van der Waals surface area contributed by atoms with E-state index in [1.54, 1.807) is 11.1 Å². The first kappa shape index (κ1) is 17.0. The van der Waals surface area contributed by atoms with Gasteiger partial charge in [0.25, 0.3) is 0 Å². The van der Waals surface area contributed by atoms with Crippen molar-refractivity contribution in [2.45, 2.75) is 12.8 Å². The van der Waals surface area contributed by atoms with Gasteiger partial charge in [-0.3, -0.25) is 9.59 Å². The number of carbonyl (C=O) groups excluding carboxylic acids is 2. The number of aryl methyl sites for hydroxylation is 1. The number of hydrogen-bond donors (Lipinski definition) is 1. The number of rotatable bonds is 6. The van der Waals surface area contributed by atoms with Gasteiger partial charge in [0, 0.05) is 32.6 Å². The second-order valence-electron chi connectivity index (χ2n) is 6.07.